The lowest BCUT2D eigenvalue weighted by molar-refractivity contribution is -0.141. The van der Waals surface area contributed by atoms with E-state index in [0.29, 0.717) is 5.56 Å². The number of phenols is 1. The Bertz CT molecular complexity index is 885. The van der Waals surface area contributed by atoms with Gasteiger partial charge in [0.1, 0.15) is 23.9 Å². The maximum Gasteiger partial charge on any atom is 0.327 e. The summed E-state index contributed by atoms with van der Waals surface area (Å²) in [6, 6.07) is 1.29. The number of phenolic OH excluding ortho intramolecular Hbond substituents is 1. The highest BCUT2D eigenvalue weighted by atomic mass is 32.1. The van der Waals surface area contributed by atoms with Crippen LogP contribution < -0.4 is 27.4 Å². The van der Waals surface area contributed by atoms with Gasteiger partial charge in [-0.1, -0.05) is 12.1 Å². The Morgan fingerprint density at radius 3 is 1.85 bits per heavy atom. The number of carboxylic acids is 1. The van der Waals surface area contributed by atoms with Crippen molar-refractivity contribution < 1.29 is 34.2 Å². The monoisotopic (exact) mass is 515 g/mol. The van der Waals surface area contributed by atoms with Crippen molar-refractivity contribution in [3.05, 3.63) is 29.8 Å². The molecule has 188 valence electrons. The maximum absolute atomic E-state index is 12.7. The average molecular weight is 516 g/mol. The Labute approximate surface area is 207 Å². The number of nitrogens with two attached hydrogens (primary N) is 2. The standard InChI is InChI=1S/C20H29N5O7S2/c21-12(7-10-1-3-11(26)4-2-10)17(28)24-14(8-33)19(30)23-13(5-6-16(22)27)18(29)25-15(9-34)20(31)32/h1-4,12-15,26,33-34H,5-9,21H2,(H2,22,27)(H,23,30)(H,24,28)(H,25,29)(H,31,32). The first-order valence-electron chi connectivity index (χ1n) is 10.2. The molecule has 0 radical (unpaired) electrons. The number of nitrogens with one attached hydrogen (secondary N) is 3. The van der Waals surface area contributed by atoms with Gasteiger partial charge in [-0.2, -0.15) is 25.3 Å². The van der Waals surface area contributed by atoms with Gasteiger partial charge in [0.25, 0.3) is 0 Å². The van der Waals surface area contributed by atoms with E-state index in [-0.39, 0.29) is 36.5 Å². The second-order valence-corrected chi connectivity index (χ2v) is 8.10. The zero-order valence-corrected chi connectivity index (χ0v) is 19.9. The number of amides is 4. The quantitative estimate of drug-likeness (QED) is 0.125. The third-order valence-corrected chi connectivity index (χ3v) is 5.38. The van der Waals surface area contributed by atoms with E-state index in [0.717, 1.165) is 0 Å². The van der Waals surface area contributed by atoms with Gasteiger partial charge in [0.2, 0.25) is 23.6 Å². The largest absolute Gasteiger partial charge is 0.508 e. The molecule has 0 saturated carbocycles. The lowest BCUT2D eigenvalue weighted by Crippen LogP contribution is -2.58. The fourth-order valence-corrected chi connectivity index (χ4v) is 3.24. The number of carbonyl (C=O) groups excluding carboxylic acids is 4. The molecule has 1 aromatic carbocycles. The summed E-state index contributed by atoms with van der Waals surface area (Å²) in [5.74, 6) is -4.63. The molecule has 14 heteroatoms. The number of thiol groups is 2. The SMILES string of the molecule is NC(=O)CCC(NC(=O)C(CS)NC(=O)C(N)Cc1ccc(O)cc1)C(=O)NC(CS)C(=O)O. The van der Waals surface area contributed by atoms with Crippen LogP contribution in [0.25, 0.3) is 0 Å². The predicted molar refractivity (Wildman–Crippen MR) is 129 cm³/mol. The minimum absolute atomic E-state index is 0.0625. The van der Waals surface area contributed by atoms with Crippen LogP contribution in [0.4, 0.5) is 0 Å². The van der Waals surface area contributed by atoms with Crippen molar-refractivity contribution in [2.24, 2.45) is 11.5 Å². The number of primary amides is 1. The number of aromatic hydroxyl groups is 1. The normalized spacial score (nSPS) is 14.2. The second-order valence-electron chi connectivity index (χ2n) is 7.37. The molecule has 0 heterocycles. The van der Waals surface area contributed by atoms with Crippen LogP contribution in [0.15, 0.2) is 24.3 Å². The lowest BCUT2D eigenvalue weighted by atomic mass is 10.1. The number of hydrogen-bond acceptors (Lipinski definition) is 9. The molecular formula is C20H29N5O7S2. The number of carboxylic acid groups (broad SMARTS) is 1. The number of hydrogen-bond donors (Lipinski definition) is 9. The molecule has 4 atom stereocenters. The van der Waals surface area contributed by atoms with E-state index in [1.165, 1.54) is 12.1 Å². The summed E-state index contributed by atoms with van der Waals surface area (Å²) >= 11 is 7.92. The lowest BCUT2D eigenvalue weighted by Gasteiger charge is -2.24. The average Bonchev–Trinajstić information content (AvgIpc) is 2.78. The van der Waals surface area contributed by atoms with Gasteiger partial charge < -0.3 is 37.6 Å². The zero-order valence-electron chi connectivity index (χ0n) is 18.1. The molecule has 1 aromatic rings. The third-order valence-electron chi connectivity index (χ3n) is 4.65. The fourth-order valence-electron chi connectivity index (χ4n) is 2.74. The topological polar surface area (TPSA) is 214 Å². The molecule has 0 aliphatic carbocycles. The molecule has 4 amide bonds. The highest BCUT2D eigenvalue weighted by molar-refractivity contribution is 7.80. The molecule has 9 N–H and O–H groups in total. The minimum Gasteiger partial charge on any atom is -0.508 e. The molecule has 0 bridgehead atoms. The van der Waals surface area contributed by atoms with Gasteiger partial charge in [-0.15, -0.1) is 0 Å². The highest BCUT2D eigenvalue weighted by Gasteiger charge is 2.29. The van der Waals surface area contributed by atoms with Crippen molar-refractivity contribution in [1.29, 1.82) is 0 Å². The van der Waals surface area contributed by atoms with Crippen LogP contribution in [-0.2, 0) is 30.4 Å². The molecule has 0 spiro atoms. The summed E-state index contributed by atoms with van der Waals surface area (Å²) in [4.78, 5) is 60.0. The fraction of sp³-hybridized carbons (Fsp3) is 0.450. The first kappa shape index (κ1) is 29.1. The van der Waals surface area contributed by atoms with Crippen LogP contribution in [-0.4, -0.2) is 75.5 Å². The van der Waals surface area contributed by atoms with Gasteiger partial charge in [0, 0.05) is 17.9 Å². The van der Waals surface area contributed by atoms with Gasteiger partial charge in [-0.05, 0) is 30.5 Å². The van der Waals surface area contributed by atoms with Crippen LogP contribution in [0.5, 0.6) is 5.75 Å². The van der Waals surface area contributed by atoms with Crippen molar-refractivity contribution in [3.63, 3.8) is 0 Å². The van der Waals surface area contributed by atoms with Gasteiger partial charge in [-0.3, -0.25) is 19.2 Å². The first-order valence-corrected chi connectivity index (χ1v) is 11.4. The molecule has 4 unspecified atom stereocenters. The van der Waals surface area contributed by atoms with Crippen molar-refractivity contribution in [1.82, 2.24) is 16.0 Å². The second kappa shape index (κ2) is 14.3. The predicted octanol–water partition coefficient (Wildman–Crippen LogP) is -2.07. The Hall–Kier alpha value is -2.97. The summed E-state index contributed by atoms with van der Waals surface area (Å²) in [7, 11) is 0. The van der Waals surface area contributed by atoms with Gasteiger partial charge in [0.05, 0.1) is 6.04 Å². The molecule has 34 heavy (non-hydrogen) atoms. The maximum atomic E-state index is 12.7. The van der Waals surface area contributed by atoms with Crippen molar-refractivity contribution in [2.45, 2.75) is 43.4 Å². The van der Waals surface area contributed by atoms with E-state index < -0.39 is 53.8 Å². The molecule has 0 aliphatic rings. The first-order chi connectivity index (χ1) is 16.0. The van der Waals surface area contributed by atoms with Crippen LogP contribution in [0, 0.1) is 0 Å². The summed E-state index contributed by atoms with van der Waals surface area (Å²) in [6.07, 6.45) is -0.317. The smallest absolute Gasteiger partial charge is 0.327 e. The Morgan fingerprint density at radius 2 is 1.35 bits per heavy atom. The third kappa shape index (κ3) is 9.89. The van der Waals surface area contributed by atoms with Crippen LogP contribution in [0.1, 0.15) is 18.4 Å². The summed E-state index contributed by atoms with van der Waals surface area (Å²) in [6.45, 7) is 0. The molecule has 0 saturated heterocycles. The number of rotatable bonds is 14. The zero-order chi connectivity index (χ0) is 25.8. The van der Waals surface area contributed by atoms with Gasteiger partial charge >= 0.3 is 5.97 Å². The number of benzene rings is 1. The number of carbonyl (C=O) groups is 5. The Balaban J connectivity index is 2.82. The van der Waals surface area contributed by atoms with Crippen molar-refractivity contribution >= 4 is 54.9 Å². The summed E-state index contributed by atoms with van der Waals surface area (Å²) < 4.78 is 0. The van der Waals surface area contributed by atoms with Crippen molar-refractivity contribution in [3.8, 4) is 5.75 Å². The van der Waals surface area contributed by atoms with Gasteiger partial charge in [0.15, 0.2) is 0 Å². The van der Waals surface area contributed by atoms with Gasteiger partial charge in [-0.25, -0.2) is 4.79 Å². The Kier molecular flexibility index (Phi) is 12.2. The summed E-state index contributed by atoms with van der Waals surface area (Å²) in [5.41, 5.74) is 11.7. The molecular weight excluding hydrogens is 486 g/mol. The van der Waals surface area contributed by atoms with Crippen LogP contribution in [0.2, 0.25) is 0 Å². The van der Waals surface area contributed by atoms with E-state index in [1.807, 2.05) is 0 Å². The van der Waals surface area contributed by atoms with Crippen LogP contribution in [0.3, 0.4) is 0 Å². The van der Waals surface area contributed by atoms with Crippen LogP contribution >= 0.6 is 25.3 Å². The number of aliphatic carboxylic acids is 1. The highest BCUT2D eigenvalue weighted by Crippen LogP contribution is 2.11. The molecule has 0 aliphatic heterocycles. The van der Waals surface area contributed by atoms with E-state index in [1.54, 1.807) is 12.1 Å². The molecule has 12 nitrogen and oxygen atoms in total. The van der Waals surface area contributed by atoms with E-state index in [4.69, 9.17) is 16.6 Å². The molecule has 1 rings (SSSR count). The molecule has 0 fully saturated rings. The minimum atomic E-state index is -1.33. The summed E-state index contributed by atoms with van der Waals surface area (Å²) in [5, 5.41) is 25.5. The van der Waals surface area contributed by atoms with E-state index in [2.05, 4.69) is 41.2 Å². The molecule has 0 aromatic heterocycles. The Morgan fingerprint density at radius 1 is 0.853 bits per heavy atom. The van der Waals surface area contributed by atoms with Crippen molar-refractivity contribution in [2.75, 3.05) is 11.5 Å². The van der Waals surface area contributed by atoms with E-state index in [9.17, 15) is 29.1 Å². The van der Waals surface area contributed by atoms with E-state index >= 15 is 0 Å².